The number of halogens is 1. The van der Waals surface area contributed by atoms with Crippen LogP contribution in [0.3, 0.4) is 0 Å². The average Bonchev–Trinajstić information content (AvgIpc) is 2.48. The first-order chi connectivity index (χ1) is 10.1. The molecule has 0 radical (unpaired) electrons. The van der Waals surface area contributed by atoms with Crippen molar-refractivity contribution in [2.45, 2.75) is 32.1 Å². The third-order valence-electron chi connectivity index (χ3n) is 3.73. The van der Waals surface area contributed by atoms with Gasteiger partial charge in [0.05, 0.1) is 5.56 Å². The van der Waals surface area contributed by atoms with Crippen LogP contribution in [-0.4, -0.2) is 23.7 Å². The maximum Gasteiger partial charge on any atom is 0.338 e. The summed E-state index contributed by atoms with van der Waals surface area (Å²) < 4.78 is 13.2. The van der Waals surface area contributed by atoms with Crippen molar-refractivity contribution in [2.24, 2.45) is 5.92 Å². The van der Waals surface area contributed by atoms with Crippen molar-refractivity contribution < 1.29 is 19.1 Å². The lowest BCUT2D eigenvalue weighted by Crippen LogP contribution is -2.33. The second kappa shape index (κ2) is 7.06. The van der Waals surface area contributed by atoms with E-state index in [9.17, 15) is 14.0 Å². The highest BCUT2D eigenvalue weighted by atomic mass is 19.1. The first-order valence-corrected chi connectivity index (χ1v) is 7.14. The van der Waals surface area contributed by atoms with E-state index in [-0.39, 0.29) is 5.69 Å². The minimum absolute atomic E-state index is 0.259. The Morgan fingerprint density at radius 2 is 1.95 bits per heavy atom. The van der Waals surface area contributed by atoms with Crippen molar-refractivity contribution in [3.63, 3.8) is 0 Å². The third-order valence-corrected chi connectivity index (χ3v) is 3.73. The lowest BCUT2D eigenvalue weighted by atomic mass is 9.89. The van der Waals surface area contributed by atoms with Gasteiger partial charge in [-0.3, -0.25) is 0 Å². The number of nitrogens with one attached hydrogen (secondary N) is 2. The highest BCUT2D eigenvalue weighted by Gasteiger charge is 2.15. The Bertz CT molecular complexity index is 528. The number of carbonyl (C=O) groups is 2. The van der Waals surface area contributed by atoms with Gasteiger partial charge in [-0.15, -0.1) is 0 Å². The Hall–Kier alpha value is -2.11. The lowest BCUT2D eigenvalue weighted by molar-refractivity contribution is 0.0692. The Morgan fingerprint density at radius 3 is 2.62 bits per heavy atom. The molecule has 0 unspecified atom stereocenters. The number of carbonyl (C=O) groups excluding carboxylic acids is 1. The molecular formula is C15H19FN2O3. The Morgan fingerprint density at radius 1 is 1.24 bits per heavy atom. The predicted molar refractivity (Wildman–Crippen MR) is 77.0 cm³/mol. The molecule has 1 fully saturated rings. The van der Waals surface area contributed by atoms with Crippen LogP contribution in [0.15, 0.2) is 18.2 Å². The van der Waals surface area contributed by atoms with E-state index in [2.05, 4.69) is 10.6 Å². The van der Waals surface area contributed by atoms with Crippen LogP contribution < -0.4 is 10.6 Å². The van der Waals surface area contributed by atoms with E-state index < -0.39 is 23.4 Å². The van der Waals surface area contributed by atoms with Gasteiger partial charge in [0, 0.05) is 12.2 Å². The van der Waals surface area contributed by atoms with Crippen LogP contribution in [0.4, 0.5) is 14.9 Å². The number of carboxylic acids is 1. The molecule has 2 amide bonds. The van der Waals surface area contributed by atoms with E-state index in [4.69, 9.17) is 5.11 Å². The molecule has 114 valence electrons. The van der Waals surface area contributed by atoms with Gasteiger partial charge in [0.25, 0.3) is 0 Å². The van der Waals surface area contributed by atoms with Gasteiger partial charge in [-0.05, 0) is 37.0 Å². The Kier molecular flexibility index (Phi) is 5.14. The smallest absolute Gasteiger partial charge is 0.338 e. The number of anilines is 1. The van der Waals surface area contributed by atoms with Crippen molar-refractivity contribution in [2.75, 3.05) is 11.9 Å². The molecule has 6 heteroatoms. The van der Waals surface area contributed by atoms with Gasteiger partial charge in [0.2, 0.25) is 0 Å². The van der Waals surface area contributed by atoms with E-state index in [0.717, 1.165) is 25.0 Å². The van der Waals surface area contributed by atoms with Crippen LogP contribution in [-0.2, 0) is 0 Å². The predicted octanol–water partition coefficient (Wildman–Crippen LogP) is 3.23. The lowest BCUT2D eigenvalue weighted by Gasteiger charge is -2.21. The summed E-state index contributed by atoms with van der Waals surface area (Å²) in [6.07, 6.45) is 5.91. The molecule has 21 heavy (non-hydrogen) atoms. The van der Waals surface area contributed by atoms with Gasteiger partial charge in [-0.2, -0.15) is 0 Å². The van der Waals surface area contributed by atoms with Crippen LogP contribution in [0.1, 0.15) is 42.5 Å². The maximum atomic E-state index is 13.2. The quantitative estimate of drug-likeness (QED) is 0.797. The fourth-order valence-corrected chi connectivity index (χ4v) is 2.57. The third kappa shape index (κ3) is 4.44. The van der Waals surface area contributed by atoms with Crippen molar-refractivity contribution in [1.29, 1.82) is 0 Å². The van der Waals surface area contributed by atoms with Gasteiger partial charge in [0.15, 0.2) is 0 Å². The van der Waals surface area contributed by atoms with Gasteiger partial charge in [0.1, 0.15) is 5.82 Å². The zero-order valence-electron chi connectivity index (χ0n) is 11.7. The fourth-order valence-electron chi connectivity index (χ4n) is 2.57. The number of amides is 2. The molecule has 0 spiro atoms. The van der Waals surface area contributed by atoms with E-state index in [0.29, 0.717) is 12.5 Å². The SMILES string of the molecule is O=C(NCC1CCCCC1)Nc1ccc(F)c(C(=O)O)c1. The Balaban J connectivity index is 1.87. The first-order valence-electron chi connectivity index (χ1n) is 7.14. The first kappa shape index (κ1) is 15.3. The molecule has 2 rings (SSSR count). The van der Waals surface area contributed by atoms with Crippen molar-refractivity contribution >= 4 is 17.7 Å². The van der Waals surface area contributed by atoms with Gasteiger partial charge < -0.3 is 15.7 Å². The minimum Gasteiger partial charge on any atom is -0.478 e. The molecule has 1 aliphatic carbocycles. The molecule has 0 atom stereocenters. The highest BCUT2D eigenvalue weighted by Crippen LogP contribution is 2.22. The van der Waals surface area contributed by atoms with E-state index >= 15 is 0 Å². The average molecular weight is 294 g/mol. The summed E-state index contributed by atoms with van der Waals surface area (Å²) in [5, 5.41) is 14.1. The molecule has 0 aliphatic heterocycles. The second-order valence-corrected chi connectivity index (χ2v) is 5.34. The number of aromatic carboxylic acids is 1. The molecule has 0 saturated heterocycles. The summed E-state index contributed by atoms with van der Waals surface area (Å²) in [6, 6.07) is 3.07. The number of benzene rings is 1. The van der Waals surface area contributed by atoms with Crippen LogP contribution in [0.2, 0.25) is 0 Å². The maximum absolute atomic E-state index is 13.2. The van der Waals surface area contributed by atoms with Crippen LogP contribution in [0.5, 0.6) is 0 Å². The fraction of sp³-hybridized carbons (Fsp3) is 0.467. The van der Waals surface area contributed by atoms with Crippen molar-refractivity contribution in [1.82, 2.24) is 5.32 Å². The number of rotatable bonds is 4. The molecule has 1 saturated carbocycles. The normalized spacial score (nSPS) is 15.5. The van der Waals surface area contributed by atoms with E-state index in [1.54, 1.807) is 0 Å². The summed E-state index contributed by atoms with van der Waals surface area (Å²) >= 11 is 0. The molecule has 0 bridgehead atoms. The van der Waals surface area contributed by atoms with Crippen LogP contribution >= 0.6 is 0 Å². The van der Waals surface area contributed by atoms with Crippen molar-refractivity contribution in [3.05, 3.63) is 29.6 Å². The molecule has 1 aliphatic rings. The van der Waals surface area contributed by atoms with Gasteiger partial charge in [-0.25, -0.2) is 14.0 Å². The summed E-state index contributed by atoms with van der Waals surface area (Å²) in [5.74, 6) is -1.68. The van der Waals surface area contributed by atoms with Gasteiger partial charge in [-0.1, -0.05) is 19.3 Å². The number of hydrogen-bond donors (Lipinski definition) is 3. The zero-order valence-corrected chi connectivity index (χ0v) is 11.7. The molecule has 0 heterocycles. The number of urea groups is 1. The molecule has 3 N–H and O–H groups in total. The molecule has 5 nitrogen and oxygen atoms in total. The Labute approximate surface area is 122 Å². The minimum atomic E-state index is -1.36. The van der Waals surface area contributed by atoms with Gasteiger partial charge >= 0.3 is 12.0 Å². The largest absolute Gasteiger partial charge is 0.478 e. The highest BCUT2D eigenvalue weighted by molar-refractivity contribution is 5.93. The van der Waals surface area contributed by atoms with Crippen molar-refractivity contribution in [3.8, 4) is 0 Å². The summed E-state index contributed by atoms with van der Waals surface area (Å²) in [5.41, 5.74) is -0.199. The molecule has 0 aromatic heterocycles. The molecule has 1 aromatic rings. The second-order valence-electron chi connectivity index (χ2n) is 5.34. The standard InChI is InChI=1S/C15H19FN2O3/c16-13-7-6-11(8-12(13)14(19)20)18-15(21)17-9-10-4-2-1-3-5-10/h6-8,10H,1-5,9H2,(H,19,20)(H2,17,18,21). The van der Waals surface area contributed by atoms with E-state index in [1.807, 2.05) is 0 Å². The zero-order chi connectivity index (χ0) is 15.2. The monoisotopic (exact) mass is 294 g/mol. The topological polar surface area (TPSA) is 78.4 Å². The summed E-state index contributed by atoms with van der Waals surface area (Å²) in [4.78, 5) is 22.6. The van der Waals surface area contributed by atoms with E-state index in [1.165, 1.54) is 25.3 Å². The molecular weight excluding hydrogens is 275 g/mol. The van der Waals surface area contributed by atoms with Crippen LogP contribution in [0, 0.1) is 11.7 Å². The summed E-state index contributed by atoms with van der Waals surface area (Å²) in [7, 11) is 0. The number of hydrogen-bond acceptors (Lipinski definition) is 2. The molecule has 1 aromatic carbocycles. The number of carboxylic acid groups (broad SMARTS) is 1. The van der Waals surface area contributed by atoms with Crippen LogP contribution in [0.25, 0.3) is 0 Å². The summed E-state index contributed by atoms with van der Waals surface area (Å²) in [6.45, 7) is 0.610.